The number of nitrogens with one attached hydrogen (secondary N) is 1. The number of carbonyl (C=O) groups excluding carboxylic acids is 1. The molecule has 0 saturated carbocycles. The van der Waals surface area contributed by atoms with Crippen molar-refractivity contribution in [1.82, 2.24) is 10.4 Å². The molecule has 0 spiro atoms. The Balaban J connectivity index is 2.77. The van der Waals surface area contributed by atoms with Gasteiger partial charge in [-0.25, -0.2) is 10.2 Å². The molecular weight excluding hydrogens is 286 g/mol. The van der Waals surface area contributed by atoms with E-state index in [0.717, 1.165) is 6.42 Å². The average Bonchev–Trinajstić information content (AvgIpc) is 2.36. The number of amides is 1. The first-order valence-corrected chi connectivity index (χ1v) is 7.15. The molecule has 0 aliphatic carbocycles. The largest absolute Gasteiger partial charge is 0.481 e. The van der Waals surface area contributed by atoms with E-state index in [1.807, 2.05) is 6.92 Å². The molecule has 22 heavy (non-hydrogen) atoms. The Morgan fingerprint density at radius 2 is 2.05 bits per heavy atom. The number of aromatic nitrogens is 1. The molecule has 0 fully saturated rings. The monoisotopic (exact) mass is 309 g/mol. The van der Waals surface area contributed by atoms with Crippen molar-refractivity contribution in [3.05, 3.63) is 24.0 Å². The fourth-order valence-electron chi connectivity index (χ4n) is 1.72. The normalized spacial score (nSPS) is 10.9. The van der Waals surface area contributed by atoms with Crippen molar-refractivity contribution in [3.63, 3.8) is 0 Å². The molecule has 7 heteroatoms. The first-order chi connectivity index (χ1) is 10.2. The summed E-state index contributed by atoms with van der Waals surface area (Å²) in [6.45, 7) is 7.94. The van der Waals surface area contributed by atoms with Gasteiger partial charge in [-0.2, -0.15) is 0 Å². The van der Waals surface area contributed by atoms with Crippen LogP contribution in [0.1, 0.15) is 39.8 Å². The second kappa shape index (κ2) is 7.63. The maximum atomic E-state index is 11.9. The van der Waals surface area contributed by atoms with Gasteiger partial charge < -0.3 is 9.84 Å². The average molecular weight is 309 g/mol. The Morgan fingerprint density at radius 3 is 2.50 bits per heavy atom. The van der Waals surface area contributed by atoms with Crippen LogP contribution in [0.5, 0.6) is 0 Å². The lowest BCUT2D eigenvalue weighted by Crippen LogP contribution is -2.45. The van der Waals surface area contributed by atoms with Gasteiger partial charge >= 0.3 is 12.1 Å². The lowest BCUT2D eigenvalue weighted by atomic mass is 10.2. The molecule has 2 N–H and O–H groups in total. The fourth-order valence-corrected chi connectivity index (χ4v) is 1.72. The number of aliphatic carboxylic acids is 1. The van der Waals surface area contributed by atoms with Crippen LogP contribution in [0.4, 0.5) is 10.5 Å². The first kappa shape index (κ1) is 17.7. The number of carbonyl (C=O) groups is 2. The molecule has 0 aliphatic rings. The summed E-state index contributed by atoms with van der Waals surface area (Å²) >= 11 is 0. The van der Waals surface area contributed by atoms with Crippen LogP contribution in [0.25, 0.3) is 0 Å². The summed E-state index contributed by atoms with van der Waals surface area (Å²) in [5, 5.41) is 10.4. The smallest absolute Gasteiger partial charge is 0.426 e. The van der Waals surface area contributed by atoms with E-state index in [-0.39, 0.29) is 6.42 Å². The Bertz CT molecular complexity index is 509. The zero-order valence-electron chi connectivity index (χ0n) is 13.4. The van der Waals surface area contributed by atoms with E-state index in [1.165, 1.54) is 6.20 Å². The van der Waals surface area contributed by atoms with Crippen LogP contribution in [0.3, 0.4) is 0 Å². The molecule has 0 atom stereocenters. The highest BCUT2D eigenvalue weighted by molar-refractivity contribution is 5.71. The zero-order chi connectivity index (χ0) is 16.8. The number of anilines is 1. The van der Waals surface area contributed by atoms with Crippen molar-refractivity contribution < 1.29 is 19.4 Å². The summed E-state index contributed by atoms with van der Waals surface area (Å²) in [5.41, 5.74) is 3.22. The van der Waals surface area contributed by atoms with E-state index < -0.39 is 17.7 Å². The number of hydrogen-bond donors (Lipinski definition) is 2. The molecule has 1 rings (SSSR count). The summed E-state index contributed by atoms with van der Waals surface area (Å²) in [6, 6.07) is 3.35. The molecule has 122 valence electrons. The minimum atomic E-state index is -0.933. The van der Waals surface area contributed by atoms with Crippen LogP contribution in [-0.4, -0.2) is 34.3 Å². The van der Waals surface area contributed by atoms with Crippen molar-refractivity contribution in [3.8, 4) is 0 Å². The predicted molar refractivity (Wildman–Crippen MR) is 82.6 cm³/mol. The van der Waals surface area contributed by atoms with Crippen LogP contribution < -0.4 is 10.4 Å². The minimum absolute atomic E-state index is 0.131. The lowest BCUT2D eigenvalue weighted by Gasteiger charge is -2.27. The van der Waals surface area contributed by atoms with Crippen molar-refractivity contribution in [2.45, 2.75) is 46.1 Å². The van der Waals surface area contributed by atoms with Crippen LogP contribution in [0, 0.1) is 0 Å². The number of nitrogens with zero attached hydrogens (tertiary/aromatic N) is 2. The van der Waals surface area contributed by atoms with Crippen LogP contribution in [0.2, 0.25) is 0 Å². The molecule has 1 aromatic heterocycles. The third-order valence-electron chi connectivity index (χ3n) is 2.53. The summed E-state index contributed by atoms with van der Waals surface area (Å²) in [6.07, 6.45) is 1.67. The molecule has 1 aromatic rings. The standard InChI is InChI=1S/C15H23N3O4/c1-5-8-18(17-14(21)22-15(2,3)4)12-7-6-11(16-10-12)9-13(19)20/h6-7,10H,5,8-9H2,1-4H3,(H,17,21)(H,19,20). The van der Waals surface area contributed by atoms with Gasteiger partial charge in [0.15, 0.2) is 0 Å². The van der Waals surface area contributed by atoms with Crippen molar-refractivity contribution in [1.29, 1.82) is 0 Å². The molecule has 1 amide bonds. The molecule has 0 radical (unpaired) electrons. The molecule has 0 bridgehead atoms. The molecule has 1 heterocycles. The van der Waals surface area contributed by atoms with Gasteiger partial charge in [0.05, 0.1) is 24.0 Å². The van der Waals surface area contributed by atoms with Gasteiger partial charge in [0.2, 0.25) is 0 Å². The van der Waals surface area contributed by atoms with E-state index in [0.29, 0.717) is 17.9 Å². The van der Waals surface area contributed by atoms with Gasteiger partial charge in [0.1, 0.15) is 5.60 Å². The number of carboxylic acids is 1. The highest BCUT2D eigenvalue weighted by atomic mass is 16.6. The SMILES string of the molecule is CCCN(NC(=O)OC(C)(C)C)c1ccc(CC(=O)O)nc1. The van der Waals surface area contributed by atoms with Crippen LogP contribution >= 0.6 is 0 Å². The Hall–Kier alpha value is -2.31. The lowest BCUT2D eigenvalue weighted by molar-refractivity contribution is -0.136. The number of ether oxygens (including phenoxy) is 1. The highest BCUT2D eigenvalue weighted by Gasteiger charge is 2.18. The van der Waals surface area contributed by atoms with Gasteiger partial charge in [-0.05, 0) is 39.3 Å². The van der Waals surface area contributed by atoms with E-state index in [1.54, 1.807) is 37.9 Å². The second-order valence-electron chi connectivity index (χ2n) is 5.84. The predicted octanol–water partition coefficient (Wildman–Crippen LogP) is 2.36. The maximum absolute atomic E-state index is 11.9. The zero-order valence-corrected chi connectivity index (χ0v) is 13.4. The number of hydrazine groups is 1. The fraction of sp³-hybridized carbons (Fsp3) is 0.533. The number of pyridine rings is 1. The molecule has 0 unspecified atom stereocenters. The maximum Gasteiger partial charge on any atom is 0.426 e. The van der Waals surface area contributed by atoms with E-state index in [4.69, 9.17) is 9.84 Å². The van der Waals surface area contributed by atoms with Gasteiger partial charge in [-0.3, -0.25) is 14.8 Å². The van der Waals surface area contributed by atoms with Crippen LogP contribution in [0.15, 0.2) is 18.3 Å². The van der Waals surface area contributed by atoms with Crippen molar-refractivity contribution >= 4 is 17.7 Å². The quantitative estimate of drug-likeness (QED) is 0.784. The van der Waals surface area contributed by atoms with Crippen molar-refractivity contribution in [2.75, 3.05) is 11.6 Å². The molecule has 7 nitrogen and oxygen atoms in total. The summed E-state index contributed by atoms with van der Waals surface area (Å²) < 4.78 is 5.22. The molecule has 0 aromatic carbocycles. The highest BCUT2D eigenvalue weighted by Crippen LogP contribution is 2.13. The number of rotatable bonds is 6. The minimum Gasteiger partial charge on any atom is -0.481 e. The Kier molecular flexibility index (Phi) is 6.15. The molecule has 0 aliphatic heterocycles. The third-order valence-corrected chi connectivity index (χ3v) is 2.53. The van der Waals surface area contributed by atoms with Gasteiger partial charge in [-0.15, -0.1) is 0 Å². The third kappa shape index (κ3) is 6.43. The van der Waals surface area contributed by atoms with E-state index in [9.17, 15) is 9.59 Å². The van der Waals surface area contributed by atoms with Crippen LogP contribution in [-0.2, 0) is 16.0 Å². The van der Waals surface area contributed by atoms with Gasteiger partial charge in [-0.1, -0.05) is 6.92 Å². The molecular formula is C15H23N3O4. The van der Waals surface area contributed by atoms with E-state index >= 15 is 0 Å². The van der Waals surface area contributed by atoms with Gasteiger partial charge in [0.25, 0.3) is 0 Å². The van der Waals surface area contributed by atoms with E-state index in [2.05, 4.69) is 10.4 Å². The second-order valence-corrected chi connectivity index (χ2v) is 5.84. The first-order valence-electron chi connectivity index (χ1n) is 7.15. The Labute approximate surface area is 130 Å². The van der Waals surface area contributed by atoms with Crippen molar-refractivity contribution in [2.24, 2.45) is 0 Å². The topological polar surface area (TPSA) is 91.8 Å². The number of carboxylic acid groups (broad SMARTS) is 1. The number of hydrogen-bond acceptors (Lipinski definition) is 5. The summed E-state index contributed by atoms with van der Waals surface area (Å²) in [5.74, 6) is -0.933. The summed E-state index contributed by atoms with van der Waals surface area (Å²) in [4.78, 5) is 26.6. The summed E-state index contributed by atoms with van der Waals surface area (Å²) in [7, 11) is 0. The Morgan fingerprint density at radius 1 is 1.36 bits per heavy atom. The van der Waals surface area contributed by atoms with Gasteiger partial charge in [0, 0.05) is 6.54 Å². The molecule has 0 saturated heterocycles.